The quantitative estimate of drug-likeness (QED) is 0.692. The summed E-state index contributed by atoms with van der Waals surface area (Å²) in [4.78, 5) is 20.6. The predicted molar refractivity (Wildman–Crippen MR) is 111 cm³/mol. The number of piperazine rings is 1. The van der Waals surface area contributed by atoms with Crippen molar-refractivity contribution in [1.82, 2.24) is 25.4 Å². The maximum Gasteiger partial charge on any atom is 0.282 e. The first-order valence-corrected chi connectivity index (χ1v) is 10.6. The number of H-pyrrole nitrogens is 1. The highest BCUT2D eigenvalue weighted by Gasteiger charge is 2.43. The van der Waals surface area contributed by atoms with E-state index in [0.29, 0.717) is 17.1 Å². The minimum atomic E-state index is -0.143. The van der Waals surface area contributed by atoms with Gasteiger partial charge in [0.25, 0.3) is 5.91 Å². The number of benzene rings is 1. The van der Waals surface area contributed by atoms with E-state index in [4.69, 9.17) is 0 Å². The summed E-state index contributed by atoms with van der Waals surface area (Å²) in [6.45, 7) is 3.97. The highest BCUT2D eigenvalue weighted by molar-refractivity contribution is 7.17. The second-order valence-electron chi connectivity index (χ2n) is 7.94. The topological polar surface area (TPSA) is 77.1 Å². The molecule has 3 aliphatic rings. The third-order valence-electron chi connectivity index (χ3n) is 6.02. The average molecular weight is 397 g/mol. The van der Waals surface area contributed by atoms with E-state index in [0.717, 1.165) is 30.2 Å². The van der Waals surface area contributed by atoms with Crippen molar-refractivity contribution >= 4 is 33.3 Å². The van der Waals surface area contributed by atoms with Gasteiger partial charge in [0.1, 0.15) is 0 Å². The Morgan fingerprint density at radius 1 is 1.32 bits per heavy atom. The molecule has 3 saturated heterocycles. The second-order valence-corrected chi connectivity index (χ2v) is 8.90. The van der Waals surface area contributed by atoms with Crippen molar-refractivity contribution in [3.05, 3.63) is 41.0 Å². The van der Waals surface area contributed by atoms with Crippen molar-refractivity contribution in [2.45, 2.75) is 37.9 Å². The molecule has 5 heterocycles. The molecule has 8 heteroatoms. The van der Waals surface area contributed by atoms with E-state index < -0.39 is 0 Å². The summed E-state index contributed by atoms with van der Waals surface area (Å²) in [6.07, 6.45) is 4.06. The normalized spacial score (nSPS) is 22.9. The van der Waals surface area contributed by atoms with Gasteiger partial charge in [0.15, 0.2) is 0 Å². The van der Waals surface area contributed by atoms with Gasteiger partial charge in [-0.1, -0.05) is 29.5 Å². The molecular weight excluding hydrogens is 372 g/mol. The lowest BCUT2D eigenvalue weighted by Crippen LogP contribution is -2.67. The first-order chi connectivity index (χ1) is 13.6. The van der Waals surface area contributed by atoms with Crippen molar-refractivity contribution < 1.29 is 4.79 Å². The van der Waals surface area contributed by atoms with Gasteiger partial charge >= 0.3 is 0 Å². The number of rotatable bonds is 5. The molecule has 0 aliphatic carbocycles. The Hall–Kier alpha value is -2.45. The maximum absolute atomic E-state index is 12.6. The smallest absolute Gasteiger partial charge is 0.282 e. The molecule has 3 unspecified atom stereocenters. The van der Waals surface area contributed by atoms with Gasteiger partial charge in [-0.3, -0.25) is 9.69 Å². The standard InChI is InChI=1S/C20H24N6OS/c1-12(7-13-9-21-17-6-4-3-5-16(13)17)22-18(27)19-23-24-20(28-19)26-10-14-8-15(11-26)25(14)2/h3-6,9,12,14-15,21H,7-8,10-11H2,1-2H3,(H,22,27). The minimum Gasteiger partial charge on any atom is -0.361 e. The summed E-state index contributed by atoms with van der Waals surface area (Å²) in [6, 6.07) is 9.45. The lowest BCUT2D eigenvalue weighted by Gasteiger charge is -2.54. The Balaban J connectivity index is 1.22. The van der Waals surface area contributed by atoms with Crippen LogP contribution in [0.1, 0.15) is 28.7 Å². The molecule has 0 saturated carbocycles. The van der Waals surface area contributed by atoms with Crippen LogP contribution in [0.3, 0.4) is 0 Å². The zero-order chi connectivity index (χ0) is 19.3. The van der Waals surface area contributed by atoms with Gasteiger partial charge in [-0.15, -0.1) is 10.2 Å². The van der Waals surface area contributed by atoms with Gasteiger partial charge in [-0.2, -0.15) is 0 Å². The van der Waals surface area contributed by atoms with Crippen LogP contribution in [0, 0.1) is 0 Å². The number of carbonyl (C=O) groups excluding carboxylic acids is 1. The molecule has 6 rings (SSSR count). The summed E-state index contributed by atoms with van der Waals surface area (Å²) < 4.78 is 0. The van der Waals surface area contributed by atoms with Gasteiger partial charge in [-0.25, -0.2) is 0 Å². The van der Waals surface area contributed by atoms with Gasteiger partial charge < -0.3 is 15.2 Å². The number of likely N-dealkylation sites (N-methyl/N-ethyl adjacent to an activating group) is 1. The molecule has 0 spiro atoms. The molecule has 3 aliphatic heterocycles. The van der Waals surface area contributed by atoms with Gasteiger partial charge in [0.05, 0.1) is 0 Å². The zero-order valence-electron chi connectivity index (χ0n) is 16.1. The second kappa shape index (κ2) is 6.86. The summed E-state index contributed by atoms with van der Waals surface area (Å²) in [5, 5.41) is 14.0. The maximum atomic E-state index is 12.6. The van der Waals surface area contributed by atoms with Gasteiger partial charge in [0, 0.05) is 48.3 Å². The number of piperidine rings is 1. The van der Waals surface area contributed by atoms with Crippen LogP contribution in [0.25, 0.3) is 10.9 Å². The lowest BCUT2D eigenvalue weighted by atomic mass is 9.89. The Morgan fingerprint density at radius 3 is 2.89 bits per heavy atom. The Labute approximate surface area is 167 Å². The fourth-order valence-corrected chi connectivity index (χ4v) is 5.12. The van der Waals surface area contributed by atoms with Crippen molar-refractivity contribution in [3.8, 4) is 0 Å². The predicted octanol–water partition coefficient (Wildman–Crippen LogP) is 2.27. The number of amides is 1. The molecule has 146 valence electrons. The van der Waals surface area contributed by atoms with Gasteiger partial charge in [-0.05, 0) is 38.4 Å². The monoisotopic (exact) mass is 396 g/mol. The lowest BCUT2D eigenvalue weighted by molar-refractivity contribution is 0.0263. The number of aromatic amines is 1. The van der Waals surface area contributed by atoms with Crippen molar-refractivity contribution in [2.75, 3.05) is 25.0 Å². The van der Waals surface area contributed by atoms with Crippen molar-refractivity contribution in [3.63, 3.8) is 0 Å². The van der Waals surface area contributed by atoms with E-state index in [1.165, 1.54) is 28.7 Å². The molecule has 3 fully saturated rings. The Bertz CT molecular complexity index is 1000. The first-order valence-electron chi connectivity index (χ1n) is 9.74. The van der Waals surface area contributed by atoms with E-state index >= 15 is 0 Å². The summed E-state index contributed by atoms with van der Waals surface area (Å²) in [5.74, 6) is -0.143. The van der Waals surface area contributed by atoms with Crippen LogP contribution in [0.15, 0.2) is 30.5 Å². The Morgan fingerprint density at radius 2 is 2.11 bits per heavy atom. The number of anilines is 1. The zero-order valence-corrected chi connectivity index (χ0v) is 16.9. The molecule has 3 atom stereocenters. The van der Waals surface area contributed by atoms with Crippen LogP contribution >= 0.6 is 11.3 Å². The summed E-state index contributed by atoms with van der Waals surface area (Å²) >= 11 is 1.39. The molecule has 7 nitrogen and oxygen atoms in total. The van der Waals surface area contributed by atoms with Crippen molar-refractivity contribution in [1.29, 1.82) is 0 Å². The van der Waals surface area contributed by atoms with Gasteiger partial charge in [0.2, 0.25) is 10.1 Å². The number of hydrogen-bond acceptors (Lipinski definition) is 6. The molecule has 0 radical (unpaired) electrons. The summed E-state index contributed by atoms with van der Waals surface area (Å²) in [7, 11) is 2.18. The highest BCUT2D eigenvalue weighted by atomic mass is 32.1. The number of carbonyl (C=O) groups is 1. The third-order valence-corrected chi connectivity index (χ3v) is 7.00. The molecule has 3 aromatic rings. The number of nitrogens with one attached hydrogen (secondary N) is 2. The van der Waals surface area contributed by atoms with E-state index in [9.17, 15) is 4.79 Å². The van der Waals surface area contributed by atoms with Crippen LogP contribution in [0.5, 0.6) is 0 Å². The SMILES string of the molecule is CC(Cc1c[nH]c2ccccc12)NC(=O)c1nnc(N2CC3CC(C2)N3C)s1. The molecule has 2 N–H and O–H groups in total. The molecule has 2 aromatic heterocycles. The molecule has 1 aromatic carbocycles. The molecule has 1 amide bonds. The van der Waals surface area contributed by atoms with E-state index in [-0.39, 0.29) is 11.9 Å². The fraction of sp³-hybridized carbons (Fsp3) is 0.450. The van der Waals surface area contributed by atoms with Crippen LogP contribution in [-0.2, 0) is 6.42 Å². The first kappa shape index (κ1) is 17.6. The van der Waals surface area contributed by atoms with E-state index in [1.54, 1.807) is 0 Å². The third kappa shape index (κ3) is 3.06. The average Bonchev–Trinajstić information content (AvgIpc) is 3.36. The van der Waals surface area contributed by atoms with Crippen molar-refractivity contribution in [2.24, 2.45) is 0 Å². The number of nitrogens with zero attached hydrogens (tertiary/aromatic N) is 4. The molecule has 28 heavy (non-hydrogen) atoms. The van der Waals surface area contributed by atoms with Crippen LogP contribution in [0.2, 0.25) is 0 Å². The molecule has 2 bridgehead atoms. The highest BCUT2D eigenvalue weighted by Crippen LogP contribution is 2.34. The number of fused-ring (bicyclic) bond motifs is 3. The number of para-hydroxylation sites is 1. The Kier molecular flexibility index (Phi) is 4.32. The fourth-order valence-electron chi connectivity index (χ4n) is 4.35. The van der Waals surface area contributed by atoms with Crippen LogP contribution in [0.4, 0.5) is 5.13 Å². The largest absolute Gasteiger partial charge is 0.361 e. The molecular formula is C20H24N6OS. The summed E-state index contributed by atoms with van der Waals surface area (Å²) in [5.41, 5.74) is 2.33. The number of aromatic nitrogens is 3. The van der Waals surface area contributed by atoms with Crippen LogP contribution < -0.4 is 10.2 Å². The van der Waals surface area contributed by atoms with E-state index in [1.807, 2.05) is 25.3 Å². The number of hydrogen-bond donors (Lipinski definition) is 2. The van der Waals surface area contributed by atoms with Crippen LogP contribution in [-0.4, -0.2) is 64.3 Å². The minimum absolute atomic E-state index is 0.00957. The van der Waals surface area contributed by atoms with E-state index in [2.05, 4.69) is 49.5 Å².